The summed E-state index contributed by atoms with van der Waals surface area (Å²) in [5.41, 5.74) is 2.96. The Labute approximate surface area is 182 Å². The molecule has 1 N–H and O–H groups in total. The van der Waals surface area contributed by atoms with Gasteiger partial charge in [0.05, 0.1) is 13.7 Å². The van der Waals surface area contributed by atoms with Crippen LogP contribution in [0.15, 0.2) is 84.4 Å². The van der Waals surface area contributed by atoms with Crippen molar-refractivity contribution in [3.63, 3.8) is 0 Å². The zero-order valence-electron chi connectivity index (χ0n) is 17.4. The van der Waals surface area contributed by atoms with Gasteiger partial charge in [0.2, 0.25) is 0 Å². The van der Waals surface area contributed by atoms with Crippen molar-refractivity contribution in [1.29, 1.82) is 0 Å². The highest BCUT2D eigenvalue weighted by molar-refractivity contribution is 7.98. The molecule has 0 aliphatic rings. The first-order valence-electron chi connectivity index (χ1n) is 9.70. The summed E-state index contributed by atoms with van der Waals surface area (Å²) in [5.74, 6) is 0.835. The molecule has 0 fully saturated rings. The smallest absolute Gasteiger partial charge is 0.322 e. The molecule has 0 saturated heterocycles. The van der Waals surface area contributed by atoms with E-state index in [1.54, 1.807) is 29.8 Å². The molecule has 5 nitrogen and oxygen atoms in total. The Morgan fingerprint density at radius 1 is 1.20 bits per heavy atom. The fourth-order valence-electron chi connectivity index (χ4n) is 3.16. The molecule has 2 aromatic carbocycles. The van der Waals surface area contributed by atoms with Crippen molar-refractivity contribution < 1.29 is 9.53 Å². The van der Waals surface area contributed by atoms with Gasteiger partial charge in [-0.05, 0) is 60.4 Å². The Bertz CT molecular complexity index is 982. The number of anilines is 1. The number of hydrogen-bond acceptors (Lipinski definition) is 3. The third-order valence-electron chi connectivity index (χ3n) is 4.74. The van der Waals surface area contributed by atoms with Crippen LogP contribution in [0.2, 0.25) is 0 Å². The summed E-state index contributed by atoms with van der Waals surface area (Å²) in [6, 6.07) is 19.7. The lowest BCUT2D eigenvalue weighted by Crippen LogP contribution is -2.35. The topological polar surface area (TPSA) is 46.5 Å². The highest BCUT2D eigenvalue weighted by atomic mass is 32.2. The van der Waals surface area contributed by atoms with E-state index in [1.165, 1.54) is 0 Å². The average molecular weight is 422 g/mol. The minimum absolute atomic E-state index is 0.152. The van der Waals surface area contributed by atoms with Crippen molar-refractivity contribution in [3.8, 4) is 5.75 Å². The van der Waals surface area contributed by atoms with Crippen molar-refractivity contribution in [2.45, 2.75) is 18.0 Å². The summed E-state index contributed by atoms with van der Waals surface area (Å²) in [7, 11) is 1.67. The van der Waals surface area contributed by atoms with Gasteiger partial charge in [0.25, 0.3) is 0 Å². The number of rotatable bonds is 9. The van der Waals surface area contributed by atoms with Crippen LogP contribution in [-0.2, 0) is 13.1 Å². The Morgan fingerprint density at radius 2 is 2.00 bits per heavy atom. The zero-order chi connectivity index (χ0) is 21.3. The summed E-state index contributed by atoms with van der Waals surface area (Å²) < 4.78 is 7.46. The SMILES string of the molecule is C=CCN(Cc1cccn1Cc1cccc(OC)c1)C(=O)Nc1ccc(SC)cc1. The fourth-order valence-corrected chi connectivity index (χ4v) is 3.57. The quantitative estimate of drug-likeness (QED) is 0.367. The number of nitrogens with zero attached hydrogens (tertiary/aromatic N) is 2. The van der Waals surface area contributed by atoms with Crippen LogP contribution in [0.25, 0.3) is 0 Å². The van der Waals surface area contributed by atoms with Gasteiger partial charge in [-0.3, -0.25) is 0 Å². The average Bonchev–Trinajstić information content (AvgIpc) is 3.20. The lowest BCUT2D eigenvalue weighted by Gasteiger charge is -2.23. The van der Waals surface area contributed by atoms with Gasteiger partial charge in [-0.25, -0.2) is 4.79 Å². The largest absolute Gasteiger partial charge is 0.497 e. The second kappa shape index (κ2) is 10.6. The molecule has 0 spiro atoms. The number of nitrogens with one attached hydrogen (secondary N) is 1. The standard InChI is InChI=1S/C24H27N3O2S/c1-4-14-27(24(28)25-20-10-12-23(30-3)13-11-20)18-21-8-6-15-26(21)17-19-7-5-9-22(16-19)29-2/h4-13,15-16H,1,14,17-18H2,2-3H3,(H,25,28). The van der Waals surface area contributed by atoms with Crippen LogP contribution in [0.3, 0.4) is 0 Å². The molecule has 0 aliphatic carbocycles. The van der Waals surface area contributed by atoms with Crippen LogP contribution in [-0.4, -0.2) is 35.4 Å². The minimum atomic E-state index is -0.152. The predicted molar refractivity (Wildman–Crippen MR) is 124 cm³/mol. The zero-order valence-corrected chi connectivity index (χ0v) is 18.2. The normalized spacial score (nSPS) is 10.5. The Hall–Kier alpha value is -3.12. The lowest BCUT2D eigenvalue weighted by atomic mass is 10.2. The number of aromatic nitrogens is 1. The van der Waals surface area contributed by atoms with Gasteiger partial charge in [-0.2, -0.15) is 0 Å². The van der Waals surface area contributed by atoms with E-state index in [2.05, 4.69) is 22.5 Å². The van der Waals surface area contributed by atoms with Crippen molar-refractivity contribution in [2.75, 3.05) is 25.2 Å². The molecule has 3 rings (SSSR count). The number of carbonyl (C=O) groups is 1. The van der Waals surface area contributed by atoms with E-state index in [4.69, 9.17) is 4.74 Å². The third-order valence-corrected chi connectivity index (χ3v) is 5.49. The molecule has 30 heavy (non-hydrogen) atoms. The van der Waals surface area contributed by atoms with Crippen LogP contribution >= 0.6 is 11.8 Å². The third kappa shape index (κ3) is 5.70. The molecule has 3 aromatic rings. The predicted octanol–water partition coefficient (Wildman–Crippen LogP) is 5.49. The van der Waals surface area contributed by atoms with E-state index in [9.17, 15) is 4.79 Å². The molecule has 0 atom stereocenters. The molecule has 1 aromatic heterocycles. The van der Waals surface area contributed by atoms with Crippen LogP contribution in [0.1, 0.15) is 11.3 Å². The first-order chi connectivity index (χ1) is 14.6. The van der Waals surface area contributed by atoms with Crippen molar-refractivity contribution in [2.24, 2.45) is 0 Å². The van der Waals surface area contributed by atoms with Crippen LogP contribution in [0, 0.1) is 0 Å². The van der Waals surface area contributed by atoms with Crippen LogP contribution in [0.5, 0.6) is 5.75 Å². The maximum Gasteiger partial charge on any atom is 0.322 e. The monoisotopic (exact) mass is 421 g/mol. The molecule has 2 amide bonds. The van der Waals surface area contributed by atoms with Gasteiger partial charge in [0, 0.05) is 35.6 Å². The molecule has 0 saturated carbocycles. The molecular weight excluding hydrogens is 394 g/mol. The summed E-state index contributed by atoms with van der Waals surface area (Å²) in [6.45, 7) is 5.45. The second-order valence-corrected chi connectivity index (χ2v) is 7.69. The first-order valence-corrected chi connectivity index (χ1v) is 10.9. The number of carbonyl (C=O) groups excluding carboxylic acids is 1. The highest BCUT2D eigenvalue weighted by Gasteiger charge is 2.15. The van der Waals surface area contributed by atoms with Gasteiger partial charge in [-0.15, -0.1) is 18.3 Å². The second-order valence-electron chi connectivity index (χ2n) is 6.81. The van der Waals surface area contributed by atoms with E-state index >= 15 is 0 Å². The molecule has 0 unspecified atom stereocenters. The first kappa shape index (κ1) is 21.6. The van der Waals surface area contributed by atoms with Crippen molar-refractivity contribution in [1.82, 2.24) is 9.47 Å². The number of ether oxygens (including phenoxy) is 1. The highest BCUT2D eigenvalue weighted by Crippen LogP contribution is 2.19. The molecule has 0 bridgehead atoms. The maximum atomic E-state index is 12.9. The number of urea groups is 1. The van der Waals surface area contributed by atoms with Gasteiger partial charge in [0.15, 0.2) is 0 Å². The van der Waals surface area contributed by atoms with Crippen LogP contribution < -0.4 is 10.1 Å². The summed E-state index contributed by atoms with van der Waals surface area (Å²) in [6.07, 6.45) is 5.80. The van der Waals surface area contributed by atoms with Gasteiger partial charge < -0.3 is 19.5 Å². The van der Waals surface area contributed by atoms with E-state index in [-0.39, 0.29) is 6.03 Å². The van der Waals surface area contributed by atoms with E-state index in [1.807, 2.05) is 67.0 Å². The van der Waals surface area contributed by atoms with Gasteiger partial charge in [0.1, 0.15) is 5.75 Å². The van der Waals surface area contributed by atoms with Crippen molar-refractivity contribution in [3.05, 3.63) is 90.8 Å². The number of thioether (sulfide) groups is 1. The Morgan fingerprint density at radius 3 is 2.70 bits per heavy atom. The van der Waals surface area contributed by atoms with Crippen LogP contribution in [0.4, 0.5) is 10.5 Å². The summed E-state index contributed by atoms with van der Waals surface area (Å²) in [5, 5.41) is 2.98. The number of hydrogen-bond donors (Lipinski definition) is 1. The van der Waals surface area contributed by atoms with E-state index in [0.717, 1.165) is 27.6 Å². The maximum absolute atomic E-state index is 12.9. The lowest BCUT2D eigenvalue weighted by molar-refractivity contribution is 0.214. The van der Waals surface area contributed by atoms with Gasteiger partial charge in [-0.1, -0.05) is 18.2 Å². The molecule has 1 heterocycles. The fraction of sp³-hybridized carbons (Fsp3) is 0.208. The molecular formula is C24H27N3O2S. The van der Waals surface area contributed by atoms with E-state index < -0.39 is 0 Å². The molecule has 0 radical (unpaired) electrons. The number of methoxy groups -OCH3 is 1. The molecule has 156 valence electrons. The number of benzene rings is 2. The Kier molecular flexibility index (Phi) is 7.63. The number of amides is 2. The Balaban J connectivity index is 1.70. The molecule has 6 heteroatoms. The molecule has 0 aliphatic heterocycles. The van der Waals surface area contributed by atoms with Crippen molar-refractivity contribution >= 4 is 23.5 Å². The minimum Gasteiger partial charge on any atom is -0.497 e. The summed E-state index contributed by atoms with van der Waals surface area (Å²) >= 11 is 1.67. The van der Waals surface area contributed by atoms with Gasteiger partial charge >= 0.3 is 6.03 Å². The van der Waals surface area contributed by atoms with E-state index in [0.29, 0.717) is 19.6 Å². The summed E-state index contributed by atoms with van der Waals surface area (Å²) in [4.78, 5) is 15.8.